The van der Waals surface area contributed by atoms with Crippen LogP contribution >= 0.6 is 11.3 Å². The van der Waals surface area contributed by atoms with E-state index in [2.05, 4.69) is 4.72 Å². The van der Waals surface area contributed by atoms with Gasteiger partial charge in [-0.1, -0.05) is 0 Å². The van der Waals surface area contributed by atoms with E-state index < -0.39 is 10.0 Å². The van der Waals surface area contributed by atoms with Crippen LogP contribution in [-0.4, -0.2) is 23.1 Å². The van der Waals surface area contributed by atoms with Gasteiger partial charge in [-0.05, 0) is 49.4 Å². The molecule has 2 heterocycles. The molecule has 1 fully saturated rings. The lowest BCUT2D eigenvalue weighted by Gasteiger charge is -2.12. The van der Waals surface area contributed by atoms with Crippen molar-refractivity contribution in [2.75, 3.05) is 0 Å². The van der Waals surface area contributed by atoms with E-state index in [0.29, 0.717) is 11.0 Å². The predicted molar refractivity (Wildman–Crippen MR) is 94.4 cm³/mol. The molecule has 8 heteroatoms. The van der Waals surface area contributed by atoms with Gasteiger partial charge < -0.3 is 0 Å². The molecule has 0 radical (unpaired) electrons. The number of nitrogens with one attached hydrogen (secondary N) is 1. The number of thiophene rings is 1. The maximum atomic E-state index is 12.6. The number of aromatic nitrogens is 2. The van der Waals surface area contributed by atoms with Crippen molar-refractivity contribution in [2.45, 2.75) is 30.2 Å². The number of sulfonamides is 1. The van der Waals surface area contributed by atoms with Crippen LogP contribution in [0.1, 0.15) is 19.8 Å². The van der Waals surface area contributed by atoms with E-state index >= 15 is 0 Å². The first-order valence-corrected chi connectivity index (χ1v) is 10.0. The van der Waals surface area contributed by atoms with Crippen molar-refractivity contribution < 1.29 is 8.42 Å². The molecule has 0 amide bonds. The van der Waals surface area contributed by atoms with Gasteiger partial charge in [0.1, 0.15) is 0 Å². The SMILES string of the molecule is Cn1c(=O)n(-c2ccsc2)c2cc(S(=O)(=O)NC3(C)CC3)ccc21. The highest BCUT2D eigenvalue weighted by atomic mass is 32.2. The van der Waals surface area contributed by atoms with Gasteiger partial charge in [0.2, 0.25) is 10.0 Å². The number of fused-ring (bicyclic) bond motifs is 1. The summed E-state index contributed by atoms with van der Waals surface area (Å²) in [5.41, 5.74) is 1.50. The van der Waals surface area contributed by atoms with Crippen molar-refractivity contribution >= 4 is 32.4 Å². The van der Waals surface area contributed by atoms with Crippen molar-refractivity contribution in [1.29, 1.82) is 0 Å². The van der Waals surface area contributed by atoms with Gasteiger partial charge in [-0.3, -0.25) is 9.13 Å². The molecule has 0 bridgehead atoms. The molecular formula is C16H17N3O3S2. The predicted octanol–water partition coefficient (Wildman–Crippen LogP) is 2.22. The zero-order valence-electron chi connectivity index (χ0n) is 13.3. The third-order valence-electron chi connectivity index (χ3n) is 4.48. The molecule has 0 saturated heterocycles. The average Bonchev–Trinajstić information content (AvgIpc) is 2.96. The van der Waals surface area contributed by atoms with Gasteiger partial charge in [0.05, 0.1) is 21.6 Å². The van der Waals surface area contributed by atoms with Gasteiger partial charge in [0, 0.05) is 18.0 Å². The van der Waals surface area contributed by atoms with Crippen LogP contribution in [-0.2, 0) is 17.1 Å². The van der Waals surface area contributed by atoms with Crippen LogP contribution < -0.4 is 10.4 Å². The van der Waals surface area contributed by atoms with Crippen molar-refractivity contribution in [2.24, 2.45) is 7.05 Å². The maximum Gasteiger partial charge on any atom is 0.333 e. The molecule has 0 unspecified atom stereocenters. The molecule has 1 aliphatic carbocycles. The number of aryl methyl sites for hydroxylation is 1. The number of rotatable bonds is 4. The summed E-state index contributed by atoms with van der Waals surface area (Å²) in [7, 11) is -1.92. The molecule has 126 valence electrons. The van der Waals surface area contributed by atoms with Crippen molar-refractivity contribution in [1.82, 2.24) is 13.9 Å². The summed E-state index contributed by atoms with van der Waals surface area (Å²) in [4.78, 5) is 12.7. The van der Waals surface area contributed by atoms with Crippen LogP contribution in [0, 0.1) is 0 Å². The second-order valence-electron chi connectivity index (χ2n) is 6.48. The summed E-state index contributed by atoms with van der Waals surface area (Å²) in [6.45, 7) is 1.90. The number of nitrogens with zero attached hydrogens (tertiary/aromatic N) is 2. The first kappa shape index (κ1) is 15.6. The van der Waals surface area contributed by atoms with Gasteiger partial charge >= 0.3 is 5.69 Å². The summed E-state index contributed by atoms with van der Waals surface area (Å²) < 4.78 is 31.1. The number of hydrogen-bond acceptors (Lipinski definition) is 4. The van der Waals surface area contributed by atoms with Crippen molar-refractivity contribution in [3.8, 4) is 5.69 Å². The first-order valence-electron chi connectivity index (χ1n) is 7.59. The molecule has 4 rings (SSSR count). The van der Waals surface area contributed by atoms with E-state index in [1.807, 2.05) is 23.8 Å². The summed E-state index contributed by atoms with van der Waals surface area (Å²) >= 11 is 1.49. The van der Waals surface area contributed by atoms with Crippen LogP contribution in [0.2, 0.25) is 0 Å². The molecule has 6 nitrogen and oxygen atoms in total. The molecule has 1 saturated carbocycles. The zero-order valence-corrected chi connectivity index (χ0v) is 14.9. The van der Waals surface area contributed by atoms with E-state index in [1.165, 1.54) is 15.9 Å². The van der Waals surface area contributed by atoms with Gasteiger partial charge in [-0.2, -0.15) is 11.3 Å². The normalized spacial score (nSPS) is 16.6. The molecule has 24 heavy (non-hydrogen) atoms. The summed E-state index contributed by atoms with van der Waals surface area (Å²) in [5, 5.41) is 3.75. The maximum absolute atomic E-state index is 12.6. The van der Waals surface area contributed by atoms with E-state index in [9.17, 15) is 13.2 Å². The monoisotopic (exact) mass is 363 g/mol. The minimum atomic E-state index is -3.61. The largest absolute Gasteiger partial charge is 0.333 e. The van der Waals surface area contributed by atoms with Crippen molar-refractivity contribution in [3.05, 3.63) is 45.5 Å². The molecule has 1 aliphatic rings. The average molecular weight is 363 g/mol. The molecule has 0 aliphatic heterocycles. The molecule has 1 aromatic carbocycles. The Bertz CT molecular complexity index is 1090. The molecular weight excluding hydrogens is 346 g/mol. The van der Waals surface area contributed by atoms with Gasteiger partial charge in [0.15, 0.2) is 0 Å². The van der Waals surface area contributed by atoms with Crippen LogP contribution in [0.15, 0.2) is 44.7 Å². The zero-order chi connectivity index (χ0) is 17.1. The highest BCUT2D eigenvalue weighted by Crippen LogP contribution is 2.36. The van der Waals surface area contributed by atoms with Crippen molar-refractivity contribution in [3.63, 3.8) is 0 Å². The molecule has 3 aromatic rings. The van der Waals surface area contributed by atoms with E-state index in [0.717, 1.165) is 18.5 Å². The first-order chi connectivity index (χ1) is 11.3. The topological polar surface area (TPSA) is 73.1 Å². The summed E-state index contributed by atoms with van der Waals surface area (Å²) in [5.74, 6) is 0. The fourth-order valence-electron chi connectivity index (χ4n) is 2.80. The lowest BCUT2D eigenvalue weighted by atomic mass is 10.3. The summed E-state index contributed by atoms with van der Waals surface area (Å²) in [6, 6.07) is 6.65. The molecule has 1 N–H and O–H groups in total. The van der Waals surface area contributed by atoms with E-state index in [4.69, 9.17) is 0 Å². The summed E-state index contributed by atoms with van der Waals surface area (Å²) in [6.07, 6.45) is 1.69. The lowest BCUT2D eigenvalue weighted by molar-refractivity contribution is 0.558. The third kappa shape index (κ3) is 2.42. The minimum Gasteiger partial charge on any atom is -0.295 e. The molecule has 0 atom stereocenters. The third-order valence-corrected chi connectivity index (χ3v) is 6.79. The standard InChI is InChI=1S/C16H17N3O3S2/c1-16(6-7-16)17-24(21,22)12-3-4-13-14(9-12)19(15(20)18(13)2)11-5-8-23-10-11/h3-5,8-10,17H,6-7H2,1-2H3. The second kappa shape index (κ2) is 5.05. The Kier molecular flexibility index (Phi) is 3.28. The fourth-order valence-corrected chi connectivity index (χ4v) is 4.90. The number of hydrogen-bond donors (Lipinski definition) is 1. The molecule has 0 spiro atoms. The van der Waals surface area contributed by atoms with Crippen LogP contribution in [0.5, 0.6) is 0 Å². The van der Waals surface area contributed by atoms with Gasteiger partial charge in [0.25, 0.3) is 0 Å². The van der Waals surface area contributed by atoms with E-state index in [1.54, 1.807) is 29.8 Å². The lowest BCUT2D eigenvalue weighted by Crippen LogP contribution is -2.34. The Morgan fingerprint density at radius 3 is 2.58 bits per heavy atom. The van der Waals surface area contributed by atoms with E-state index in [-0.39, 0.29) is 16.1 Å². The highest BCUT2D eigenvalue weighted by Gasteiger charge is 2.41. The van der Waals surface area contributed by atoms with Gasteiger partial charge in [-0.15, -0.1) is 0 Å². The Balaban J connectivity index is 1.92. The van der Waals surface area contributed by atoms with Gasteiger partial charge in [-0.25, -0.2) is 17.9 Å². The Hall–Kier alpha value is -1.90. The van der Waals surface area contributed by atoms with Crippen LogP contribution in [0.4, 0.5) is 0 Å². The number of benzene rings is 1. The highest BCUT2D eigenvalue weighted by molar-refractivity contribution is 7.89. The van der Waals surface area contributed by atoms with Crippen LogP contribution in [0.25, 0.3) is 16.7 Å². The molecule has 2 aromatic heterocycles. The smallest absolute Gasteiger partial charge is 0.295 e. The Morgan fingerprint density at radius 1 is 1.21 bits per heavy atom. The fraction of sp³-hybridized carbons (Fsp3) is 0.312. The minimum absolute atomic E-state index is 0.178. The Labute approximate surface area is 143 Å². The quantitative estimate of drug-likeness (QED) is 0.772. The number of imidazole rings is 1. The Morgan fingerprint density at radius 2 is 1.96 bits per heavy atom. The second-order valence-corrected chi connectivity index (χ2v) is 8.94. The van der Waals surface area contributed by atoms with Crippen LogP contribution in [0.3, 0.4) is 0 Å².